The van der Waals surface area contributed by atoms with Crippen LogP contribution in [0.3, 0.4) is 0 Å². The lowest BCUT2D eigenvalue weighted by Crippen LogP contribution is -2.22. The Morgan fingerprint density at radius 1 is 1.10 bits per heavy atom. The van der Waals surface area contributed by atoms with Crippen LogP contribution in [0.25, 0.3) is 11.1 Å². The fourth-order valence-electron chi connectivity index (χ4n) is 3.50. The van der Waals surface area contributed by atoms with Crippen LogP contribution >= 0.6 is 11.6 Å². The van der Waals surface area contributed by atoms with Crippen molar-refractivity contribution in [2.24, 2.45) is 0 Å². The van der Waals surface area contributed by atoms with E-state index in [9.17, 15) is 31.2 Å². The van der Waals surface area contributed by atoms with E-state index < -0.39 is 50.8 Å². The number of hydrogen-bond acceptors (Lipinski definition) is 8. The van der Waals surface area contributed by atoms with Gasteiger partial charge in [-0.15, -0.1) is 0 Å². The first-order chi connectivity index (χ1) is 18.2. The lowest BCUT2D eigenvalue weighted by atomic mass is 10.1. The Bertz CT molecular complexity index is 1860. The highest BCUT2D eigenvalue weighted by Gasteiger charge is 2.39. The van der Waals surface area contributed by atoms with Crippen molar-refractivity contribution in [1.29, 1.82) is 5.26 Å². The van der Waals surface area contributed by atoms with Crippen LogP contribution in [0, 0.1) is 11.3 Å². The molecule has 0 radical (unpaired) electrons. The van der Waals surface area contributed by atoms with Gasteiger partial charge in [0, 0.05) is 17.7 Å². The smallest absolute Gasteiger partial charge is 0.437 e. The van der Waals surface area contributed by atoms with Crippen LogP contribution in [0.4, 0.5) is 13.2 Å². The standard InChI is InChI=1S/C24H15ClF3N5O5S/c1-39(36,37)17-4-2-3-13(7-17)18-9-15(32-33-22(18)34)10-19-30-21(24(26,27)28)20(23(35)31-19)38-16-6-12(11-29)5-14(25)8-16/h2-9H,10H2,1H3,(H,33,34)(H,30,31,35). The maximum absolute atomic E-state index is 13.9. The predicted molar refractivity (Wildman–Crippen MR) is 132 cm³/mol. The number of rotatable bonds is 6. The second-order valence-corrected chi connectivity index (χ2v) is 10.6. The SMILES string of the molecule is CS(=O)(=O)c1cccc(-c2cc(Cc3nc(C(F)(F)F)c(Oc4cc(Cl)cc(C#N)c4)c(=O)[nH]3)n[nH]c2=O)c1. The summed E-state index contributed by atoms with van der Waals surface area (Å²) in [7, 11) is -3.58. The Morgan fingerprint density at radius 3 is 2.51 bits per heavy atom. The number of halogens is 4. The summed E-state index contributed by atoms with van der Waals surface area (Å²) in [5.41, 5.74) is -3.34. The minimum absolute atomic E-state index is 0.000591. The number of sulfone groups is 1. The van der Waals surface area contributed by atoms with Crippen LogP contribution < -0.4 is 15.9 Å². The second kappa shape index (κ2) is 10.4. The molecule has 0 amide bonds. The van der Waals surface area contributed by atoms with Crippen molar-refractivity contribution in [2.75, 3.05) is 6.26 Å². The third-order valence-electron chi connectivity index (χ3n) is 5.19. The molecule has 2 N–H and O–H groups in total. The molecule has 0 saturated carbocycles. The van der Waals surface area contributed by atoms with Crippen LogP contribution in [0.15, 0.2) is 63.0 Å². The van der Waals surface area contributed by atoms with Gasteiger partial charge in [0.05, 0.1) is 27.8 Å². The van der Waals surface area contributed by atoms with Crippen LogP contribution in [0.1, 0.15) is 22.8 Å². The largest absolute Gasteiger partial charge is 0.449 e. The first-order valence-corrected chi connectivity index (χ1v) is 13.0. The number of aromatic amines is 2. The summed E-state index contributed by atoms with van der Waals surface area (Å²) >= 11 is 5.86. The lowest BCUT2D eigenvalue weighted by molar-refractivity contribution is -0.142. The Morgan fingerprint density at radius 2 is 1.85 bits per heavy atom. The highest BCUT2D eigenvalue weighted by atomic mass is 35.5. The number of nitriles is 1. The van der Waals surface area contributed by atoms with Gasteiger partial charge in [0.2, 0.25) is 5.75 Å². The van der Waals surface area contributed by atoms with E-state index in [1.54, 1.807) is 6.07 Å². The number of nitrogens with zero attached hydrogens (tertiary/aromatic N) is 3. The van der Waals surface area contributed by atoms with Gasteiger partial charge in [-0.3, -0.25) is 9.59 Å². The molecule has 0 aliphatic carbocycles. The number of alkyl halides is 3. The summed E-state index contributed by atoms with van der Waals surface area (Å²) in [6.07, 6.45) is -4.55. The van der Waals surface area contributed by atoms with Gasteiger partial charge in [-0.05, 0) is 42.0 Å². The molecule has 2 aromatic carbocycles. The summed E-state index contributed by atoms with van der Waals surface area (Å²) in [6, 6.07) is 12.0. The van der Waals surface area contributed by atoms with Gasteiger partial charge in [0.25, 0.3) is 11.1 Å². The number of H-pyrrole nitrogens is 2. The van der Waals surface area contributed by atoms with E-state index in [4.69, 9.17) is 21.6 Å². The van der Waals surface area contributed by atoms with E-state index in [0.717, 1.165) is 18.4 Å². The van der Waals surface area contributed by atoms with Gasteiger partial charge in [-0.1, -0.05) is 23.7 Å². The zero-order chi connectivity index (χ0) is 28.5. The van der Waals surface area contributed by atoms with Crippen LogP contribution in [-0.2, 0) is 22.4 Å². The molecule has 15 heteroatoms. The lowest BCUT2D eigenvalue weighted by Gasteiger charge is -2.14. The van der Waals surface area contributed by atoms with Crippen molar-refractivity contribution in [3.8, 4) is 28.7 Å². The third-order valence-corrected chi connectivity index (χ3v) is 6.52. The van der Waals surface area contributed by atoms with E-state index in [2.05, 4.69) is 20.2 Å². The molecular weight excluding hydrogens is 563 g/mol. The summed E-state index contributed by atoms with van der Waals surface area (Å²) < 4.78 is 70.5. The van der Waals surface area contributed by atoms with E-state index >= 15 is 0 Å². The number of hydrogen-bond donors (Lipinski definition) is 2. The normalized spacial score (nSPS) is 11.7. The summed E-state index contributed by atoms with van der Waals surface area (Å²) in [5.74, 6) is -1.89. The van der Waals surface area contributed by atoms with Crippen molar-refractivity contribution in [2.45, 2.75) is 17.5 Å². The maximum atomic E-state index is 13.9. The molecule has 0 bridgehead atoms. The molecule has 0 spiro atoms. The Hall–Kier alpha value is -4.48. The quantitative estimate of drug-likeness (QED) is 0.349. The molecule has 0 aliphatic heterocycles. The molecule has 10 nitrogen and oxygen atoms in total. The van der Waals surface area contributed by atoms with E-state index in [1.165, 1.54) is 36.4 Å². The average Bonchev–Trinajstić information content (AvgIpc) is 2.85. The van der Waals surface area contributed by atoms with Crippen LogP contribution in [0.5, 0.6) is 11.5 Å². The summed E-state index contributed by atoms with van der Waals surface area (Å²) in [5, 5.41) is 15.0. The Labute approximate surface area is 222 Å². The highest BCUT2D eigenvalue weighted by molar-refractivity contribution is 7.90. The van der Waals surface area contributed by atoms with Crippen LogP contribution in [-0.4, -0.2) is 34.8 Å². The molecular formula is C24H15ClF3N5O5S. The molecule has 200 valence electrons. The average molecular weight is 578 g/mol. The van der Waals surface area contributed by atoms with E-state index in [0.29, 0.717) is 0 Å². The number of nitrogens with one attached hydrogen (secondary N) is 2. The van der Waals surface area contributed by atoms with Gasteiger partial charge in [-0.25, -0.2) is 18.5 Å². The topological polar surface area (TPSA) is 159 Å². The van der Waals surface area contributed by atoms with Crippen LogP contribution in [0.2, 0.25) is 5.02 Å². The van der Waals surface area contributed by atoms with Gasteiger partial charge in [-0.2, -0.15) is 23.5 Å². The highest BCUT2D eigenvalue weighted by Crippen LogP contribution is 2.35. The third kappa shape index (κ3) is 6.33. The minimum atomic E-state index is -5.11. The van der Waals surface area contributed by atoms with Gasteiger partial charge < -0.3 is 9.72 Å². The summed E-state index contributed by atoms with van der Waals surface area (Å²) in [4.78, 5) is 30.7. The van der Waals surface area contributed by atoms with Crippen molar-refractivity contribution >= 4 is 21.4 Å². The number of ether oxygens (including phenoxy) is 1. The molecule has 39 heavy (non-hydrogen) atoms. The van der Waals surface area contributed by atoms with Crippen molar-refractivity contribution in [1.82, 2.24) is 20.2 Å². The molecule has 0 aliphatic rings. The monoisotopic (exact) mass is 577 g/mol. The molecule has 0 saturated heterocycles. The maximum Gasteiger partial charge on any atom is 0.437 e. The van der Waals surface area contributed by atoms with E-state index in [1.807, 2.05) is 0 Å². The zero-order valence-electron chi connectivity index (χ0n) is 19.6. The molecule has 2 heterocycles. The first-order valence-electron chi connectivity index (χ1n) is 10.7. The zero-order valence-corrected chi connectivity index (χ0v) is 21.2. The molecule has 0 fully saturated rings. The first kappa shape index (κ1) is 27.6. The predicted octanol–water partition coefficient (Wildman–Crippen LogP) is 3.85. The van der Waals surface area contributed by atoms with Crippen molar-refractivity contribution in [3.63, 3.8) is 0 Å². The van der Waals surface area contributed by atoms with Gasteiger partial charge >= 0.3 is 6.18 Å². The van der Waals surface area contributed by atoms with Crippen molar-refractivity contribution < 1.29 is 26.3 Å². The molecule has 0 unspecified atom stereocenters. The minimum Gasteiger partial charge on any atom is -0.449 e. The molecule has 0 atom stereocenters. The summed E-state index contributed by atoms with van der Waals surface area (Å²) in [6.45, 7) is 0. The number of aromatic nitrogens is 4. The molecule has 2 aromatic heterocycles. The van der Waals surface area contributed by atoms with E-state index in [-0.39, 0.29) is 38.1 Å². The van der Waals surface area contributed by atoms with Crippen molar-refractivity contribution in [3.05, 3.63) is 97.0 Å². The molecule has 4 aromatic rings. The Balaban J connectivity index is 1.74. The Kier molecular flexibility index (Phi) is 7.31. The molecule has 4 rings (SSSR count). The second-order valence-electron chi connectivity index (χ2n) is 8.16. The van der Waals surface area contributed by atoms with Gasteiger partial charge in [0.15, 0.2) is 15.5 Å². The fourth-order valence-corrected chi connectivity index (χ4v) is 4.39. The number of benzene rings is 2. The van der Waals surface area contributed by atoms with Gasteiger partial charge in [0.1, 0.15) is 11.6 Å². The fraction of sp³-hybridized carbons (Fsp3) is 0.125.